The summed E-state index contributed by atoms with van der Waals surface area (Å²) < 4.78 is 6.08. The van der Waals surface area contributed by atoms with E-state index >= 15 is 0 Å². The molecule has 28 heavy (non-hydrogen) atoms. The molecule has 152 valence electrons. The monoisotopic (exact) mass is 387 g/mol. The number of nitrogens with zero attached hydrogens (tertiary/aromatic N) is 1. The number of hydrogen-bond donors (Lipinski definition) is 3. The Labute approximate surface area is 165 Å². The minimum absolute atomic E-state index is 0.0912. The summed E-state index contributed by atoms with van der Waals surface area (Å²) in [5.74, 6) is 0.0944. The van der Waals surface area contributed by atoms with Gasteiger partial charge in [-0.15, -0.1) is 0 Å². The van der Waals surface area contributed by atoms with Crippen molar-refractivity contribution in [1.29, 1.82) is 0 Å². The third-order valence-corrected chi connectivity index (χ3v) is 6.56. The molecule has 0 unspecified atom stereocenters. The number of carbonyl (C=O) groups excluding carboxylic acids is 2. The summed E-state index contributed by atoms with van der Waals surface area (Å²) in [4.78, 5) is 30.1. The van der Waals surface area contributed by atoms with E-state index in [1.54, 1.807) is 18.3 Å². The van der Waals surface area contributed by atoms with Crippen LogP contribution in [0.25, 0.3) is 0 Å². The summed E-state index contributed by atoms with van der Waals surface area (Å²) in [5, 5.41) is 13.6. The maximum atomic E-state index is 12.7. The molecule has 0 radical (unpaired) electrons. The van der Waals surface area contributed by atoms with Crippen LogP contribution in [0.5, 0.6) is 0 Å². The van der Waals surface area contributed by atoms with Crippen LogP contribution in [-0.4, -0.2) is 63.7 Å². The van der Waals surface area contributed by atoms with E-state index in [1.165, 1.54) is 0 Å². The van der Waals surface area contributed by atoms with Crippen molar-refractivity contribution in [3.05, 3.63) is 36.2 Å². The quantitative estimate of drug-likeness (QED) is 0.687. The standard InChI is InChI=1S/C21H29N3O4/c1-20(23-18(26)16-7-4-10-22-16)14-21(28-13-17(20)25)8-11-24(12-9-21)19(27)15-5-2-3-6-15/h2-4,7,10,15,17,22,25H,5-6,8-9,11-14H2,1H3,(H,23,26)/t17-,20-/m1/s1. The number of allylic oxidation sites excluding steroid dienone is 2. The van der Waals surface area contributed by atoms with E-state index in [4.69, 9.17) is 4.74 Å². The largest absolute Gasteiger partial charge is 0.388 e. The number of hydrogen-bond acceptors (Lipinski definition) is 4. The molecule has 1 aliphatic carbocycles. The smallest absolute Gasteiger partial charge is 0.268 e. The summed E-state index contributed by atoms with van der Waals surface area (Å²) in [5.41, 5.74) is -0.719. The Morgan fingerprint density at radius 2 is 2.00 bits per heavy atom. The summed E-state index contributed by atoms with van der Waals surface area (Å²) in [7, 11) is 0. The van der Waals surface area contributed by atoms with E-state index < -0.39 is 17.2 Å². The highest BCUT2D eigenvalue weighted by Gasteiger charge is 2.50. The predicted octanol–water partition coefficient (Wildman–Crippen LogP) is 1.61. The molecular weight excluding hydrogens is 358 g/mol. The highest BCUT2D eigenvalue weighted by atomic mass is 16.5. The molecule has 3 heterocycles. The van der Waals surface area contributed by atoms with Crippen LogP contribution >= 0.6 is 0 Å². The van der Waals surface area contributed by atoms with Crippen LogP contribution < -0.4 is 5.32 Å². The number of amides is 2. The molecule has 0 saturated carbocycles. The van der Waals surface area contributed by atoms with Gasteiger partial charge < -0.3 is 25.0 Å². The lowest BCUT2D eigenvalue weighted by Gasteiger charge is -2.52. The molecule has 2 fully saturated rings. The second-order valence-corrected chi connectivity index (χ2v) is 8.61. The zero-order valence-electron chi connectivity index (χ0n) is 16.3. The molecule has 2 aliphatic heterocycles. The Bertz CT molecular complexity index is 744. The molecule has 2 saturated heterocycles. The third kappa shape index (κ3) is 3.61. The second-order valence-electron chi connectivity index (χ2n) is 8.61. The number of ether oxygens (including phenoxy) is 1. The minimum atomic E-state index is -0.777. The van der Waals surface area contributed by atoms with Gasteiger partial charge in [-0.1, -0.05) is 12.2 Å². The molecule has 3 N–H and O–H groups in total. The highest BCUT2D eigenvalue weighted by Crippen LogP contribution is 2.40. The number of likely N-dealkylation sites (tertiary alicyclic amines) is 1. The van der Waals surface area contributed by atoms with Gasteiger partial charge in [-0.25, -0.2) is 0 Å². The van der Waals surface area contributed by atoms with Crippen molar-refractivity contribution in [2.45, 2.75) is 56.3 Å². The van der Waals surface area contributed by atoms with Gasteiger partial charge in [0.25, 0.3) is 5.91 Å². The fourth-order valence-corrected chi connectivity index (χ4v) is 4.74. The molecule has 3 aliphatic rings. The molecule has 0 aromatic carbocycles. The van der Waals surface area contributed by atoms with Gasteiger partial charge in [0.05, 0.1) is 17.7 Å². The van der Waals surface area contributed by atoms with Crippen molar-refractivity contribution < 1.29 is 19.4 Å². The maximum Gasteiger partial charge on any atom is 0.268 e. The van der Waals surface area contributed by atoms with E-state index in [9.17, 15) is 14.7 Å². The van der Waals surface area contributed by atoms with Gasteiger partial charge in [-0.05, 0) is 44.7 Å². The lowest BCUT2D eigenvalue weighted by molar-refractivity contribution is -0.180. The maximum absolute atomic E-state index is 12.7. The average molecular weight is 387 g/mol. The number of aromatic nitrogens is 1. The second kappa shape index (κ2) is 7.37. The van der Waals surface area contributed by atoms with Crippen LogP contribution in [0.4, 0.5) is 0 Å². The van der Waals surface area contributed by atoms with Gasteiger partial charge in [0.1, 0.15) is 11.8 Å². The Kier molecular flexibility index (Phi) is 5.05. The lowest BCUT2D eigenvalue weighted by Crippen LogP contribution is -2.66. The molecule has 1 aromatic heterocycles. The van der Waals surface area contributed by atoms with Crippen molar-refractivity contribution in [3.63, 3.8) is 0 Å². The van der Waals surface area contributed by atoms with Gasteiger partial charge >= 0.3 is 0 Å². The van der Waals surface area contributed by atoms with Crippen LogP contribution in [0.2, 0.25) is 0 Å². The van der Waals surface area contributed by atoms with Gasteiger partial charge in [0, 0.05) is 31.6 Å². The fourth-order valence-electron chi connectivity index (χ4n) is 4.74. The van der Waals surface area contributed by atoms with Crippen molar-refractivity contribution in [1.82, 2.24) is 15.2 Å². The number of rotatable bonds is 3. The average Bonchev–Trinajstić information content (AvgIpc) is 3.39. The zero-order chi connectivity index (χ0) is 19.8. The molecule has 1 spiro atoms. The summed E-state index contributed by atoms with van der Waals surface area (Å²) in [6, 6.07) is 3.48. The highest BCUT2D eigenvalue weighted by molar-refractivity contribution is 5.92. The SMILES string of the molecule is C[C@@]1(NC(=O)c2ccc[nH]2)CC2(CCN(C(=O)C3CC=CC3)CC2)OC[C@H]1O. The van der Waals surface area contributed by atoms with Crippen LogP contribution in [0.1, 0.15) is 49.5 Å². The zero-order valence-corrected chi connectivity index (χ0v) is 16.3. The molecule has 0 bridgehead atoms. The Morgan fingerprint density at radius 3 is 2.64 bits per heavy atom. The third-order valence-electron chi connectivity index (χ3n) is 6.56. The molecule has 2 amide bonds. The molecule has 7 nitrogen and oxygen atoms in total. The Balaban J connectivity index is 1.40. The van der Waals surface area contributed by atoms with Crippen LogP contribution in [0.3, 0.4) is 0 Å². The van der Waals surface area contributed by atoms with E-state index in [2.05, 4.69) is 22.5 Å². The van der Waals surface area contributed by atoms with Crippen molar-refractivity contribution in [3.8, 4) is 0 Å². The predicted molar refractivity (Wildman–Crippen MR) is 104 cm³/mol. The van der Waals surface area contributed by atoms with E-state index in [0.29, 0.717) is 25.2 Å². The van der Waals surface area contributed by atoms with E-state index in [-0.39, 0.29) is 24.3 Å². The van der Waals surface area contributed by atoms with Crippen molar-refractivity contribution >= 4 is 11.8 Å². The lowest BCUT2D eigenvalue weighted by atomic mass is 9.74. The first-order valence-electron chi connectivity index (χ1n) is 10.1. The topological polar surface area (TPSA) is 94.7 Å². The van der Waals surface area contributed by atoms with Crippen LogP contribution in [-0.2, 0) is 9.53 Å². The summed E-state index contributed by atoms with van der Waals surface area (Å²) in [6.45, 7) is 3.38. The van der Waals surface area contributed by atoms with Gasteiger partial charge in [0.2, 0.25) is 5.91 Å². The van der Waals surface area contributed by atoms with Crippen molar-refractivity contribution in [2.75, 3.05) is 19.7 Å². The number of nitrogens with one attached hydrogen (secondary N) is 2. The number of aromatic amines is 1. The molecule has 1 aromatic rings. The molecular formula is C21H29N3O4. The number of H-pyrrole nitrogens is 1. The number of piperidine rings is 1. The molecule has 4 rings (SSSR count). The minimum Gasteiger partial charge on any atom is -0.388 e. The summed E-state index contributed by atoms with van der Waals surface area (Å²) >= 11 is 0. The molecule has 2 atom stereocenters. The van der Waals surface area contributed by atoms with Crippen LogP contribution in [0, 0.1) is 5.92 Å². The normalized spacial score (nSPS) is 29.9. The van der Waals surface area contributed by atoms with E-state index in [0.717, 1.165) is 25.7 Å². The van der Waals surface area contributed by atoms with Crippen molar-refractivity contribution in [2.24, 2.45) is 5.92 Å². The summed E-state index contributed by atoms with van der Waals surface area (Å²) in [6.07, 6.45) is 8.74. The first-order valence-corrected chi connectivity index (χ1v) is 10.1. The number of carbonyl (C=O) groups is 2. The first kappa shape index (κ1) is 19.2. The Morgan fingerprint density at radius 1 is 1.29 bits per heavy atom. The van der Waals surface area contributed by atoms with Gasteiger partial charge in [-0.2, -0.15) is 0 Å². The first-order chi connectivity index (χ1) is 13.4. The van der Waals surface area contributed by atoms with Gasteiger partial charge in [-0.3, -0.25) is 9.59 Å². The van der Waals surface area contributed by atoms with Gasteiger partial charge in [0.15, 0.2) is 0 Å². The fraction of sp³-hybridized carbons (Fsp3) is 0.619. The van der Waals surface area contributed by atoms with E-state index in [1.807, 2.05) is 11.8 Å². The number of aliphatic hydroxyl groups excluding tert-OH is 1. The molecule has 7 heteroatoms. The number of aliphatic hydroxyl groups is 1. The Hall–Kier alpha value is -2.12. The van der Waals surface area contributed by atoms with Crippen LogP contribution in [0.15, 0.2) is 30.5 Å².